The maximum atomic E-state index is 14.1. The van der Waals surface area contributed by atoms with Crippen LogP contribution in [-0.4, -0.2) is 50.5 Å². The molecule has 220 valence electrons. The summed E-state index contributed by atoms with van der Waals surface area (Å²) >= 11 is 18.5. The van der Waals surface area contributed by atoms with Crippen molar-refractivity contribution in [3.8, 4) is 0 Å². The summed E-state index contributed by atoms with van der Waals surface area (Å²) in [6.07, 6.45) is 1.26. The van der Waals surface area contributed by atoms with Gasteiger partial charge < -0.3 is 10.2 Å². The molecule has 3 rings (SSSR count). The van der Waals surface area contributed by atoms with Crippen LogP contribution in [-0.2, 0) is 32.6 Å². The van der Waals surface area contributed by atoms with Gasteiger partial charge in [-0.05, 0) is 59.9 Å². The predicted octanol–water partition coefficient (Wildman–Crippen LogP) is 6.13. The fraction of sp³-hybridized carbons (Fsp3) is 0.333. The van der Waals surface area contributed by atoms with Crippen molar-refractivity contribution in [2.75, 3.05) is 23.7 Å². The highest BCUT2D eigenvalue weighted by Gasteiger charge is 2.33. The molecule has 0 aliphatic rings. The van der Waals surface area contributed by atoms with E-state index in [1.54, 1.807) is 43.3 Å². The maximum absolute atomic E-state index is 14.1. The van der Waals surface area contributed by atoms with Crippen LogP contribution in [0.4, 0.5) is 5.69 Å². The summed E-state index contributed by atoms with van der Waals surface area (Å²) in [5.41, 5.74) is 2.39. The van der Waals surface area contributed by atoms with Gasteiger partial charge in [0.05, 0.1) is 22.0 Å². The van der Waals surface area contributed by atoms with E-state index in [0.29, 0.717) is 38.4 Å². The van der Waals surface area contributed by atoms with E-state index in [-0.39, 0.29) is 24.8 Å². The van der Waals surface area contributed by atoms with Gasteiger partial charge in [0.25, 0.3) is 0 Å². The molecule has 0 aliphatic carbocycles. The average Bonchev–Trinajstić information content (AvgIpc) is 2.90. The molecule has 0 saturated heterocycles. The highest BCUT2D eigenvalue weighted by molar-refractivity contribution is 7.92. The Hall–Kier alpha value is -2.78. The third-order valence-corrected chi connectivity index (χ3v) is 8.50. The van der Waals surface area contributed by atoms with Crippen molar-refractivity contribution in [1.82, 2.24) is 10.2 Å². The number of carbonyl (C=O) groups excluding carboxylic acids is 2. The van der Waals surface area contributed by atoms with E-state index in [9.17, 15) is 18.0 Å². The van der Waals surface area contributed by atoms with Crippen LogP contribution >= 0.6 is 34.8 Å². The summed E-state index contributed by atoms with van der Waals surface area (Å²) < 4.78 is 26.9. The van der Waals surface area contributed by atoms with Gasteiger partial charge in [-0.15, -0.1) is 0 Å². The number of nitrogens with one attached hydrogen (secondary N) is 1. The van der Waals surface area contributed by atoms with E-state index in [0.717, 1.165) is 16.1 Å². The Morgan fingerprint density at radius 2 is 1.59 bits per heavy atom. The number of amides is 2. The molecule has 0 aliphatic heterocycles. The van der Waals surface area contributed by atoms with Crippen molar-refractivity contribution >= 4 is 62.3 Å². The first-order valence-corrected chi connectivity index (χ1v) is 16.0. The smallest absolute Gasteiger partial charge is 0.244 e. The van der Waals surface area contributed by atoms with E-state index in [1.165, 1.54) is 4.90 Å². The molecule has 0 heterocycles. The molecule has 3 aromatic rings. The third kappa shape index (κ3) is 9.36. The largest absolute Gasteiger partial charge is 0.354 e. The van der Waals surface area contributed by atoms with E-state index >= 15 is 0 Å². The minimum atomic E-state index is -3.89. The molecule has 1 atom stereocenters. The quantitative estimate of drug-likeness (QED) is 0.259. The van der Waals surface area contributed by atoms with E-state index in [2.05, 4.69) is 5.32 Å². The second-order valence-electron chi connectivity index (χ2n) is 10.3. The lowest BCUT2D eigenvalue weighted by Crippen LogP contribution is -2.53. The highest BCUT2D eigenvalue weighted by atomic mass is 35.5. The monoisotopic (exact) mass is 637 g/mol. The number of sulfonamides is 1. The zero-order chi connectivity index (χ0) is 30.3. The van der Waals surface area contributed by atoms with Gasteiger partial charge in [-0.25, -0.2) is 8.42 Å². The summed E-state index contributed by atoms with van der Waals surface area (Å²) in [5.74, 6) is -0.717. The number of anilines is 1. The molecule has 0 spiro atoms. The number of aryl methyl sites for hydroxylation is 1. The molecule has 1 N–H and O–H groups in total. The lowest BCUT2D eigenvalue weighted by atomic mass is 10.0. The van der Waals surface area contributed by atoms with Gasteiger partial charge in [-0.2, -0.15) is 0 Å². The van der Waals surface area contributed by atoms with Crippen molar-refractivity contribution in [2.45, 2.75) is 39.8 Å². The van der Waals surface area contributed by atoms with Crippen LogP contribution in [0.1, 0.15) is 30.5 Å². The molecule has 0 fully saturated rings. The Labute approximate surface area is 257 Å². The lowest BCUT2D eigenvalue weighted by Gasteiger charge is -2.34. The van der Waals surface area contributed by atoms with Crippen molar-refractivity contribution in [3.05, 3.63) is 98.5 Å². The highest BCUT2D eigenvalue weighted by Crippen LogP contribution is 2.27. The van der Waals surface area contributed by atoms with Gasteiger partial charge in [-0.1, -0.05) is 85.0 Å². The van der Waals surface area contributed by atoms with Gasteiger partial charge in [0, 0.05) is 24.5 Å². The van der Waals surface area contributed by atoms with Crippen LogP contribution in [0, 0.1) is 12.8 Å². The number of rotatable bonds is 12. The zero-order valence-electron chi connectivity index (χ0n) is 23.4. The fourth-order valence-corrected chi connectivity index (χ4v) is 5.76. The number of halogens is 3. The van der Waals surface area contributed by atoms with Gasteiger partial charge in [0.15, 0.2) is 0 Å². The second kappa shape index (κ2) is 14.4. The molecule has 0 bridgehead atoms. The molecule has 41 heavy (non-hydrogen) atoms. The summed E-state index contributed by atoms with van der Waals surface area (Å²) in [6, 6.07) is 18.1. The number of benzene rings is 3. The second-order valence-corrected chi connectivity index (χ2v) is 13.5. The molecule has 7 nitrogen and oxygen atoms in total. The van der Waals surface area contributed by atoms with Crippen molar-refractivity contribution in [1.29, 1.82) is 0 Å². The Morgan fingerprint density at radius 1 is 0.902 bits per heavy atom. The summed E-state index contributed by atoms with van der Waals surface area (Å²) in [6.45, 7) is 5.56. The van der Waals surface area contributed by atoms with Crippen molar-refractivity contribution in [2.24, 2.45) is 5.92 Å². The zero-order valence-corrected chi connectivity index (χ0v) is 26.5. The minimum Gasteiger partial charge on any atom is -0.354 e. The number of hydrogen-bond acceptors (Lipinski definition) is 4. The van der Waals surface area contributed by atoms with Crippen LogP contribution in [0.5, 0.6) is 0 Å². The predicted molar refractivity (Wildman–Crippen MR) is 167 cm³/mol. The molecular weight excluding hydrogens is 605 g/mol. The number of nitrogens with zero attached hydrogens (tertiary/aromatic N) is 2. The van der Waals surface area contributed by atoms with Crippen LogP contribution < -0.4 is 9.62 Å². The van der Waals surface area contributed by atoms with Gasteiger partial charge in [-0.3, -0.25) is 13.9 Å². The molecule has 2 amide bonds. The van der Waals surface area contributed by atoms with Crippen LogP contribution in [0.25, 0.3) is 0 Å². The summed E-state index contributed by atoms with van der Waals surface area (Å²) in [7, 11) is -3.89. The lowest BCUT2D eigenvalue weighted by molar-refractivity contribution is -0.140. The van der Waals surface area contributed by atoms with Gasteiger partial charge >= 0.3 is 0 Å². The molecule has 0 aromatic heterocycles. The van der Waals surface area contributed by atoms with Crippen LogP contribution in [0.15, 0.2) is 66.7 Å². The Balaban J connectivity index is 2.08. The normalized spacial score (nSPS) is 12.2. The molecule has 0 saturated carbocycles. The first kappa shape index (κ1) is 32.7. The topological polar surface area (TPSA) is 86.8 Å². The van der Waals surface area contributed by atoms with E-state index < -0.39 is 28.5 Å². The Kier molecular flexibility index (Phi) is 11.5. The number of hydrogen-bond donors (Lipinski definition) is 1. The fourth-order valence-electron chi connectivity index (χ4n) is 4.30. The Bertz CT molecular complexity index is 1480. The third-order valence-electron chi connectivity index (χ3n) is 6.40. The molecule has 3 aromatic carbocycles. The first-order chi connectivity index (χ1) is 19.3. The number of carbonyl (C=O) groups is 2. The summed E-state index contributed by atoms with van der Waals surface area (Å²) in [5, 5.41) is 4.04. The van der Waals surface area contributed by atoms with Crippen molar-refractivity contribution in [3.63, 3.8) is 0 Å². The molecular formula is C30H34Cl3N3O4S. The molecule has 11 heteroatoms. The molecule has 0 unspecified atom stereocenters. The maximum Gasteiger partial charge on any atom is 0.244 e. The minimum absolute atomic E-state index is 0.000473. The van der Waals surface area contributed by atoms with Crippen LogP contribution in [0.2, 0.25) is 15.1 Å². The van der Waals surface area contributed by atoms with E-state index in [4.69, 9.17) is 34.8 Å². The van der Waals surface area contributed by atoms with Gasteiger partial charge in [0.2, 0.25) is 21.8 Å². The first-order valence-electron chi connectivity index (χ1n) is 13.0. The van der Waals surface area contributed by atoms with Crippen LogP contribution in [0.3, 0.4) is 0 Å². The summed E-state index contributed by atoms with van der Waals surface area (Å²) in [4.78, 5) is 29.2. The van der Waals surface area contributed by atoms with Crippen molar-refractivity contribution < 1.29 is 18.0 Å². The molecule has 0 radical (unpaired) electrons. The Morgan fingerprint density at radius 3 is 2.17 bits per heavy atom. The average molecular weight is 639 g/mol. The van der Waals surface area contributed by atoms with Gasteiger partial charge in [0.1, 0.15) is 12.6 Å². The standard InChI is InChI=1S/C30H34Cl3N3O4S/c1-20(2)17-34-30(38)28(16-22-8-6-5-7-9-22)35(18-23-10-12-25(32)26(33)15-23)29(37)19-36(41(4,39)40)27-13-11-24(31)14-21(27)3/h5-15,20,28H,16-19H2,1-4H3,(H,34,38)/t28-/m0/s1. The van der Waals surface area contributed by atoms with E-state index in [1.807, 2.05) is 44.2 Å². The SMILES string of the molecule is Cc1cc(Cl)ccc1N(CC(=O)N(Cc1ccc(Cl)c(Cl)c1)[C@@H](Cc1ccccc1)C(=O)NCC(C)C)S(C)(=O)=O.